The minimum atomic E-state index is -3.27. The molecule has 31 heavy (non-hydrogen) atoms. The Morgan fingerprint density at radius 1 is 1.23 bits per heavy atom. The van der Waals surface area contributed by atoms with Crippen LogP contribution in [-0.2, 0) is 21.1 Å². The average Bonchev–Trinajstić information content (AvgIpc) is 3.42. The van der Waals surface area contributed by atoms with Gasteiger partial charge in [0.05, 0.1) is 16.4 Å². The van der Waals surface area contributed by atoms with Crippen molar-refractivity contribution in [2.24, 2.45) is 0 Å². The smallest absolute Gasteiger partial charge is 0.226 e. The van der Waals surface area contributed by atoms with Crippen LogP contribution in [0, 0.1) is 0 Å². The van der Waals surface area contributed by atoms with Gasteiger partial charge in [-0.3, -0.25) is 4.79 Å². The molecule has 10 heteroatoms. The van der Waals surface area contributed by atoms with Crippen LogP contribution in [0.1, 0.15) is 25.2 Å². The zero-order chi connectivity index (χ0) is 22.3. The van der Waals surface area contributed by atoms with Gasteiger partial charge in [0.1, 0.15) is 5.75 Å². The first-order chi connectivity index (χ1) is 14.8. The third kappa shape index (κ3) is 6.90. The molecular weight excluding hydrogens is 438 g/mol. The molecule has 0 atom stereocenters. The van der Waals surface area contributed by atoms with Gasteiger partial charge in [-0.15, -0.1) is 11.3 Å². The first-order valence-electron chi connectivity index (χ1n) is 9.86. The lowest BCUT2D eigenvalue weighted by Gasteiger charge is -2.17. The normalized spacial score (nSPS) is 11.4. The lowest BCUT2D eigenvalue weighted by molar-refractivity contribution is -0.130. The Labute approximate surface area is 185 Å². The van der Waals surface area contributed by atoms with Crippen molar-refractivity contribution >= 4 is 27.1 Å². The summed E-state index contributed by atoms with van der Waals surface area (Å²) in [4.78, 5) is 19.5. The number of amides is 1. The molecular formula is C21H25N3O5S2. The van der Waals surface area contributed by atoms with Gasteiger partial charge in [0.2, 0.25) is 17.6 Å². The van der Waals surface area contributed by atoms with Crippen molar-refractivity contribution in [2.45, 2.75) is 30.6 Å². The van der Waals surface area contributed by atoms with E-state index in [0.717, 1.165) is 11.1 Å². The van der Waals surface area contributed by atoms with Crippen molar-refractivity contribution in [1.29, 1.82) is 0 Å². The molecule has 0 unspecified atom stereocenters. The maximum absolute atomic E-state index is 12.3. The highest BCUT2D eigenvalue weighted by atomic mass is 32.2. The maximum atomic E-state index is 12.3. The molecule has 166 valence electrons. The van der Waals surface area contributed by atoms with Crippen LogP contribution in [0.4, 0.5) is 0 Å². The van der Waals surface area contributed by atoms with Crippen molar-refractivity contribution in [2.75, 3.05) is 26.5 Å². The van der Waals surface area contributed by atoms with Gasteiger partial charge in [-0.25, -0.2) is 8.42 Å². The Kier molecular flexibility index (Phi) is 7.80. The van der Waals surface area contributed by atoms with Gasteiger partial charge in [-0.05, 0) is 42.5 Å². The molecule has 0 aliphatic heterocycles. The second-order valence-corrected chi connectivity index (χ2v) is 10.1. The molecule has 0 N–H and O–H groups in total. The minimum Gasteiger partial charge on any atom is -0.493 e. The Bertz CT molecular complexity index is 1090. The summed E-state index contributed by atoms with van der Waals surface area (Å²) in [5.41, 5.74) is 0. The summed E-state index contributed by atoms with van der Waals surface area (Å²) in [6, 6.07) is 10.3. The molecule has 0 saturated heterocycles. The number of nitrogens with zero attached hydrogens (tertiary/aromatic N) is 3. The predicted molar refractivity (Wildman–Crippen MR) is 118 cm³/mol. The fourth-order valence-electron chi connectivity index (χ4n) is 2.86. The lowest BCUT2D eigenvalue weighted by Crippen LogP contribution is -2.28. The van der Waals surface area contributed by atoms with E-state index in [4.69, 9.17) is 9.26 Å². The van der Waals surface area contributed by atoms with Crippen LogP contribution in [-0.4, -0.2) is 55.8 Å². The number of hydrogen-bond donors (Lipinski definition) is 0. The van der Waals surface area contributed by atoms with Crippen molar-refractivity contribution < 1.29 is 22.5 Å². The van der Waals surface area contributed by atoms with Gasteiger partial charge in [-0.1, -0.05) is 17.3 Å². The van der Waals surface area contributed by atoms with Crippen molar-refractivity contribution in [1.82, 2.24) is 15.0 Å². The highest BCUT2D eigenvalue weighted by Gasteiger charge is 2.12. The predicted octanol–water partition coefficient (Wildman–Crippen LogP) is 3.45. The summed E-state index contributed by atoms with van der Waals surface area (Å²) in [6.45, 7) is 0.937. The van der Waals surface area contributed by atoms with Gasteiger partial charge in [0.15, 0.2) is 9.84 Å². The van der Waals surface area contributed by atoms with Crippen molar-refractivity contribution in [3.8, 4) is 16.5 Å². The fourth-order valence-corrected chi connectivity index (χ4v) is 4.16. The number of carbonyl (C=O) groups excluding carboxylic acids is 1. The third-order valence-corrected chi connectivity index (χ3v) is 6.53. The van der Waals surface area contributed by atoms with Gasteiger partial charge in [0, 0.05) is 32.7 Å². The van der Waals surface area contributed by atoms with E-state index >= 15 is 0 Å². The van der Waals surface area contributed by atoms with Crippen LogP contribution < -0.4 is 4.74 Å². The van der Waals surface area contributed by atoms with E-state index in [1.54, 1.807) is 35.4 Å². The number of hydrogen-bond acceptors (Lipinski definition) is 8. The first kappa shape index (κ1) is 23.0. The minimum absolute atomic E-state index is 0.0390. The molecule has 3 aromatic rings. The standard InChI is InChI=1S/C21H25N3O5S2/c1-24(12-6-13-28-16-7-3-8-17(15-16)31(2,26)27)20(25)11-4-10-19-22-21(23-29-19)18-9-5-14-30-18/h3,5,7-9,14-15H,4,6,10-13H2,1-2H3. The quantitative estimate of drug-likeness (QED) is 0.401. The zero-order valence-electron chi connectivity index (χ0n) is 17.5. The zero-order valence-corrected chi connectivity index (χ0v) is 19.1. The van der Waals surface area contributed by atoms with Crippen LogP contribution in [0.5, 0.6) is 5.75 Å². The third-order valence-electron chi connectivity index (χ3n) is 4.56. The molecule has 2 heterocycles. The highest BCUT2D eigenvalue weighted by Crippen LogP contribution is 2.21. The molecule has 0 bridgehead atoms. The summed E-state index contributed by atoms with van der Waals surface area (Å²) in [6.07, 6.45) is 3.37. The molecule has 8 nitrogen and oxygen atoms in total. The van der Waals surface area contributed by atoms with Gasteiger partial charge in [-0.2, -0.15) is 4.98 Å². The van der Waals surface area contributed by atoms with E-state index in [2.05, 4.69) is 10.1 Å². The Morgan fingerprint density at radius 3 is 2.81 bits per heavy atom. The van der Waals surface area contributed by atoms with Gasteiger partial charge >= 0.3 is 0 Å². The number of benzene rings is 1. The summed E-state index contributed by atoms with van der Waals surface area (Å²) in [5.74, 6) is 1.65. The van der Waals surface area contributed by atoms with E-state index in [9.17, 15) is 13.2 Å². The second-order valence-electron chi connectivity index (χ2n) is 7.11. The lowest BCUT2D eigenvalue weighted by atomic mass is 10.2. The van der Waals surface area contributed by atoms with Gasteiger partial charge < -0.3 is 14.2 Å². The molecule has 0 radical (unpaired) electrons. The van der Waals surface area contributed by atoms with Crippen LogP contribution >= 0.6 is 11.3 Å². The first-order valence-corrected chi connectivity index (χ1v) is 12.6. The Morgan fingerprint density at radius 2 is 2.06 bits per heavy atom. The molecule has 0 aliphatic rings. The second kappa shape index (κ2) is 10.5. The number of rotatable bonds is 11. The number of aromatic nitrogens is 2. The molecule has 0 fully saturated rings. The maximum Gasteiger partial charge on any atom is 0.226 e. The van der Waals surface area contributed by atoms with E-state index in [1.807, 2.05) is 17.5 Å². The molecule has 0 aliphatic carbocycles. The van der Waals surface area contributed by atoms with Gasteiger partial charge in [0.25, 0.3) is 0 Å². The molecule has 1 aromatic carbocycles. The summed E-state index contributed by atoms with van der Waals surface area (Å²) < 4.78 is 34.1. The number of aryl methyl sites for hydroxylation is 1. The van der Waals surface area contributed by atoms with Crippen LogP contribution in [0.2, 0.25) is 0 Å². The van der Waals surface area contributed by atoms with Crippen LogP contribution in [0.25, 0.3) is 10.7 Å². The number of ether oxygens (including phenoxy) is 1. The largest absolute Gasteiger partial charge is 0.493 e. The molecule has 3 rings (SSSR count). The van der Waals surface area contributed by atoms with E-state index in [0.29, 0.717) is 56.3 Å². The SMILES string of the molecule is CN(CCCOc1cccc(S(C)(=O)=O)c1)C(=O)CCCc1nc(-c2cccs2)no1. The molecule has 2 aromatic heterocycles. The number of sulfone groups is 1. The van der Waals surface area contributed by atoms with E-state index in [1.165, 1.54) is 12.1 Å². The Hall–Kier alpha value is -2.72. The van der Waals surface area contributed by atoms with Crippen LogP contribution in [0.15, 0.2) is 51.2 Å². The summed E-state index contributed by atoms with van der Waals surface area (Å²) >= 11 is 1.55. The fraction of sp³-hybridized carbons (Fsp3) is 0.381. The number of thiophene rings is 1. The monoisotopic (exact) mass is 463 g/mol. The summed E-state index contributed by atoms with van der Waals surface area (Å²) in [5, 5.41) is 5.92. The van der Waals surface area contributed by atoms with Crippen molar-refractivity contribution in [3.05, 3.63) is 47.7 Å². The van der Waals surface area contributed by atoms with Crippen molar-refractivity contribution in [3.63, 3.8) is 0 Å². The van der Waals surface area contributed by atoms with E-state index < -0.39 is 9.84 Å². The Balaban J connectivity index is 1.34. The highest BCUT2D eigenvalue weighted by molar-refractivity contribution is 7.90. The average molecular weight is 464 g/mol. The molecule has 0 saturated carbocycles. The molecule has 0 spiro atoms. The summed E-state index contributed by atoms with van der Waals surface area (Å²) in [7, 11) is -1.51. The molecule has 1 amide bonds. The van der Waals surface area contributed by atoms with Crippen LogP contribution in [0.3, 0.4) is 0 Å². The van der Waals surface area contributed by atoms with E-state index in [-0.39, 0.29) is 10.8 Å². The number of carbonyl (C=O) groups is 1. The topological polar surface area (TPSA) is 103 Å².